The topological polar surface area (TPSA) is 46.5 Å². The third-order valence-electron chi connectivity index (χ3n) is 2.60. The van der Waals surface area contributed by atoms with Crippen molar-refractivity contribution in [3.63, 3.8) is 0 Å². The van der Waals surface area contributed by atoms with Crippen LogP contribution in [0.15, 0.2) is 30.4 Å². The minimum Gasteiger partial charge on any atom is -0.463 e. The minimum absolute atomic E-state index is 0.0700. The molecule has 0 radical (unpaired) electrons. The van der Waals surface area contributed by atoms with Gasteiger partial charge in [-0.05, 0) is 31.9 Å². The molecule has 0 saturated carbocycles. The molecular weight excluding hydrogens is 216 g/mol. The largest absolute Gasteiger partial charge is 0.463 e. The fourth-order valence-corrected chi connectivity index (χ4v) is 1.58. The second-order valence-electron chi connectivity index (χ2n) is 4.01. The van der Waals surface area contributed by atoms with Crippen molar-refractivity contribution in [1.29, 1.82) is 0 Å². The highest BCUT2D eigenvalue weighted by Crippen LogP contribution is 2.25. The molecular formula is C14H18O3. The minimum atomic E-state index is -1.01. The first-order valence-corrected chi connectivity index (χ1v) is 5.58. The lowest BCUT2D eigenvalue weighted by molar-refractivity contribution is -0.139. The summed E-state index contributed by atoms with van der Waals surface area (Å²) in [6.07, 6.45) is -1.01. The third-order valence-corrected chi connectivity index (χ3v) is 2.60. The third kappa shape index (κ3) is 3.17. The summed E-state index contributed by atoms with van der Waals surface area (Å²) in [6.45, 7) is 9.41. The average molecular weight is 234 g/mol. The van der Waals surface area contributed by atoms with E-state index in [9.17, 15) is 9.90 Å². The first kappa shape index (κ1) is 13.5. The van der Waals surface area contributed by atoms with Crippen LogP contribution in [0.3, 0.4) is 0 Å². The van der Waals surface area contributed by atoms with Gasteiger partial charge in [-0.25, -0.2) is 4.79 Å². The molecule has 1 aromatic carbocycles. The second-order valence-corrected chi connectivity index (χ2v) is 4.01. The average Bonchev–Trinajstić information content (AvgIpc) is 2.30. The van der Waals surface area contributed by atoms with Crippen molar-refractivity contribution < 1.29 is 14.6 Å². The molecule has 1 rings (SSSR count). The van der Waals surface area contributed by atoms with E-state index < -0.39 is 12.1 Å². The molecule has 3 nitrogen and oxygen atoms in total. The van der Waals surface area contributed by atoms with Crippen LogP contribution in [0.5, 0.6) is 0 Å². The number of carbonyl (C=O) groups is 1. The number of carbonyl (C=O) groups excluding carboxylic acids is 1. The quantitative estimate of drug-likeness (QED) is 0.643. The van der Waals surface area contributed by atoms with E-state index in [4.69, 9.17) is 4.74 Å². The molecule has 0 saturated heterocycles. The number of hydrogen-bond acceptors (Lipinski definition) is 3. The van der Waals surface area contributed by atoms with Crippen molar-refractivity contribution in [1.82, 2.24) is 0 Å². The van der Waals surface area contributed by atoms with Gasteiger partial charge in [0.1, 0.15) is 6.10 Å². The molecule has 0 amide bonds. The van der Waals surface area contributed by atoms with Gasteiger partial charge >= 0.3 is 5.97 Å². The van der Waals surface area contributed by atoms with Crippen molar-refractivity contribution >= 4 is 5.97 Å². The maximum absolute atomic E-state index is 11.5. The maximum atomic E-state index is 11.5. The lowest BCUT2D eigenvalue weighted by Gasteiger charge is -2.16. The molecule has 0 aromatic heterocycles. The van der Waals surface area contributed by atoms with Gasteiger partial charge in [0.25, 0.3) is 0 Å². The molecule has 1 N–H and O–H groups in total. The van der Waals surface area contributed by atoms with Crippen LogP contribution in [-0.4, -0.2) is 17.7 Å². The van der Waals surface area contributed by atoms with Gasteiger partial charge in [-0.1, -0.05) is 30.3 Å². The Hall–Kier alpha value is -1.61. The van der Waals surface area contributed by atoms with E-state index in [-0.39, 0.29) is 12.2 Å². The molecule has 0 aliphatic rings. The number of rotatable bonds is 4. The number of aliphatic hydroxyl groups excluding tert-OH is 1. The van der Waals surface area contributed by atoms with Gasteiger partial charge in [0.05, 0.1) is 12.2 Å². The van der Waals surface area contributed by atoms with Gasteiger partial charge in [0.2, 0.25) is 0 Å². The van der Waals surface area contributed by atoms with Crippen molar-refractivity contribution in [2.75, 3.05) is 6.61 Å². The zero-order valence-electron chi connectivity index (χ0n) is 10.5. The predicted molar refractivity (Wildman–Crippen MR) is 66.6 cm³/mol. The monoisotopic (exact) mass is 234 g/mol. The highest BCUT2D eigenvalue weighted by atomic mass is 16.5. The number of ether oxygens (including phenoxy) is 1. The first-order valence-electron chi connectivity index (χ1n) is 5.58. The number of aryl methyl sites for hydroxylation is 2. The molecule has 1 atom stereocenters. The molecule has 0 heterocycles. The van der Waals surface area contributed by atoms with Gasteiger partial charge < -0.3 is 9.84 Å². The molecule has 0 aliphatic carbocycles. The van der Waals surface area contributed by atoms with Gasteiger partial charge in [-0.2, -0.15) is 0 Å². The van der Waals surface area contributed by atoms with E-state index in [2.05, 4.69) is 6.58 Å². The highest BCUT2D eigenvalue weighted by Gasteiger charge is 2.20. The molecule has 1 unspecified atom stereocenters. The first-order chi connectivity index (χ1) is 7.97. The summed E-state index contributed by atoms with van der Waals surface area (Å²) in [4.78, 5) is 11.5. The van der Waals surface area contributed by atoms with E-state index in [1.165, 1.54) is 0 Å². The Balaban J connectivity index is 2.96. The Bertz CT molecular complexity index is 435. The van der Waals surface area contributed by atoms with Crippen LogP contribution in [0.1, 0.15) is 29.7 Å². The van der Waals surface area contributed by atoms with Crippen LogP contribution in [0.25, 0.3) is 0 Å². The summed E-state index contributed by atoms with van der Waals surface area (Å²) in [5.41, 5.74) is 2.72. The fraction of sp³-hybridized carbons (Fsp3) is 0.357. The van der Waals surface area contributed by atoms with Crippen LogP contribution in [0.2, 0.25) is 0 Å². The molecule has 0 bridgehead atoms. The molecule has 17 heavy (non-hydrogen) atoms. The normalized spacial score (nSPS) is 12.0. The van der Waals surface area contributed by atoms with Gasteiger partial charge in [0.15, 0.2) is 0 Å². The number of hydrogen-bond donors (Lipinski definition) is 1. The van der Waals surface area contributed by atoms with Gasteiger partial charge in [-0.3, -0.25) is 0 Å². The SMILES string of the molecule is C=C(C(=O)OCC)C(O)c1cc(C)ccc1C. The van der Waals surface area contributed by atoms with E-state index in [1.807, 2.05) is 32.0 Å². The summed E-state index contributed by atoms with van der Waals surface area (Å²) >= 11 is 0. The van der Waals surface area contributed by atoms with Crippen molar-refractivity contribution in [3.8, 4) is 0 Å². The molecule has 0 aliphatic heterocycles. The van der Waals surface area contributed by atoms with E-state index in [0.717, 1.165) is 11.1 Å². The van der Waals surface area contributed by atoms with Crippen molar-refractivity contribution in [3.05, 3.63) is 47.0 Å². The number of aliphatic hydroxyl groups is 1. The fourth-order valence-electron chi connectivity index (χ4n) is 1.58. The predicted octanol–water partition coefficient (Wildman–Crippen LogP) is 2.46. The number of benzene rings is 1. The Kier molecular flexibility index (Phi) is 4.46. The van der Waals surface area contributed by atoms with E-state index >= 15 is 0 Å². The van der Waals surface area contributed by atoms with Crippen LogP contribution < -0.4 is 0 Å². The zero-order valence-corrected chi connectivity index (χ0v) is 10.5. The Labute approximate surface area is 102 Å². The van der Waals surface area contributed by atoms with Gasteiger partial charge in [-0.15, -0.1) is 0 Å². The highest BCUT2D eigenvalue weighted by molar-refractivity contribution is 5.89. The summed E-state index contributed by atoms with van der Waals surface area (Å²) in [7, 11) is 0. The van der Waals surface area contributed by atoms with Crippen LogP contribution >= 0.6 is 0 Å². The summed E-state index contributed by atoms with van der Waals surface area (Å²) in [6, 6.07) is 5.72. The molecule has 0 spiro atoms. The van der Waals surface area contributed by atoms with Crippen LogP contribution in [-0.2, 0) is 9.53 Å². The Morgan fingerprint density at radius 2 is 2.12 bits per heavy atom. The Morgan fingerprint density at radius 3 is 2.71 bits per heavy atom. The second kappa shape index (κ2) is 5.64. The zero-order chi connectivity index (χ0) is 13.0. The van der Waals surface area contributed by atoms with E-state index in [0.29, 0.717) is 5.56 Å². The summed E-state index contributed by atoms with van der Waals surface area (Å²) in [5, 5.41) is 10.1. The van der Waals surface area contributed by atoms with Gasteiger partial charge in [0, 0.05) is 0 Å². The molecule has 92 valence electrons. The number of esters is 1. The van der Waals surface area contributed by atoms with E-state index in [1.54, 1.807) is 6.92 Å². The van der Waals surface area contributed by atoms with Crippen LogP contribution in [0.4, 0.5) is 0 Å². The lowest BCUT2D eigenvalue weighted by atomic mass is 9.96. The lowest BCUT2D eigenvalue weighted by Crippen LogP contribution is -2.14. The molecule has 1 aromatic rings. The smallest absolute Gasteiger partial charge is 0.336 e. The Morgan fingerprint density at radius 1 is 1.47 bits per heavy atom. The summed E-state index contributed by atoms with van der Waals surface area (Å²) in [5.74, 6) is -0.555. The maximum Gasteiger partial charge on any atom is 0.336 e. The van der Waals surface area contributed by atoms with Crippen LogP contribution in [0, 0.1) is 13.8 Å². The summed E-state index contributed by atoms with van der Waals surface area (Å²) < 4.78 is 4.82. The van der Waals surface area contributed by atoms with Crippen molar-refractivity contribution in [2.45, 2.75) is 26.9 Å². The van der Waals surface area contributed by atoms with Crippen molar-refractivity contribution in [2.24, 2.45) is 0 Å². The standard InChI is InChI=1S/C14H18O3/c1-5-17-14(16)11(4)13(15)12-8-9(2)6-7-10(12)3/h6-8,13,15H,4-5H2,1-3H3. The molecule has 0 fully saturated rings. The molecule has 3 heteroatoms.